The van der Waals surface area contributed by atoms with E-state index in [-0.39, 0.29) is 0 Å². The fourth-order valence-electron chi connectivity index (χ4n) is 2.11. The summed E-state index contributed by atoms with van der Waals surface area (Å²) in [6.07, 6.45) is 3.52. The number of methoxy groups -OCH3 is 1. The van der Waals surface area contributed by atoms with E-state index in [0.29, 0.717) is 24.8 Å². The van der Waals surface area contributed by atoms with Crippen molar-refractivity contribution in [2.75, 3.05) is 20.7 Å². The standard InChI is InChI=1S/C10H16N2O2.C4H4O4/c1-12-5-3-4-9(12)10-6-8(7-13-2)11-14-10;5-3(6)1-2-4(7)8/h6,9H,3-5,7H2,1-2H3;1-2H,(H,5,6)(H,7,8)/t9-;/m0./s1. The van der Waals surface area contributed by atoms with Gasteiger partial charge in [0.2, 0.25) is 0 Å². The summed E-state index contributed by atoms with van der Waals surface area (Å²) in [5.74, 6) is -1.54. The molecule has 8 nitrogen and oxygen atoms in total. The SMILES string of the molecule is COCc1cc([C@@H]2CCCN2C)on1.O=C(O)C=CC(=O)O. The molecule has 1 saturated heterocycles. The molecule has 0 radical (unpaired) electrons. The van der Waals surface area contributed by atoms with Crippen molar-refractivity contribution in [1.82, 2.24) is 10.1 Å². The van der Waals surface area contributed by atoms with Gasteiger partial charge in [-0.2, -0.15) is 0 Å². The molecule has 1 aromatic heterocycles. The zero-order valence-corrected chi connectivity index (χ0v) is 12.6. The molecule has 0 saturated carbocycles. The Morgan fingerprint density at radius 2 is 2.09 bits per heavy atom. The molecule has 122 valence electrons. The van der Waals surface area contributed by atoms with Gasteiger partial charge in [0.25, 0.3) is 0 Å². The van der Waals surface area contributed by atoms with Crippen LogP contribution in [0.1, 0.15) is 30.3 Å². The summed E-state index contributed by atoms with van der Waals surface area (Å²) in [6.45, 7) is 1.67. The van der Waals surface area contributed by atoms with Crippen molar-refractivity contribution in [2.24, 2.45) is 0 Å². The molecule has 1 aliphatic heterocycles. The fraction of sp³-hybridized carbons (Fsp3) is 0.500. The summed E-state index contributed by atoms with van der Waals surface area (Å²) >= 11 is 0. The average Bonchev–Trinajstić information content (AvgIpc) is 3.06. The first kappa shape index (κ1) is 17.9. The van der Waals surface area contributed by atoms with Gasteiger partial charge < -0.3 is 19.5 Å². The van der Waals surface area contributed by atoms with Crippen LogP contribution in [0.2, 0.25) is 0 Å². The van der Waals surface area contributed by atoms with Crippen molar-refractivity contribution >= 4 is 11.9 Å². The van der Waals surface area contributed by atoms with Gasteiger partial charge in [0.05, 0.1) is 12.6 Å². The predicted molar refractivity (Wildman–Crippen MR) is 76.2 cm³/mol. The summed E-state index contributed by atoms with van der Waals surface area (Å²) in [7, 11) is 3.78. The Hall–Kier alpha value is -2.19. The lowest BCUT2D eigenvalue weighted by atomic mass is 10.1. The van der Waals surface area contributed by atoms with Crippen molar-refractivity contribution in [3.63, 3.8) is 0 Å². The van der Waals surface area contributed by atoms with E-state index in [1.54, 1.807) is 7.11 Å². The number of likely N-dealkylation sites (tertiary alicyclic amines) is 1. The predicted octanol–water partition coefficient (Wildman–Crippen LogP) is 1.30. The van der Waals surface area contributed by atoms with Crippen LogP contribution in [-0.2, 0) is 20.9 Å². The third-order valence-electron chi connectivity index (χ3n) is 3.09. The first-order valence-corrected chi connectivity index (χ1v) is 6.72. The number of hydrogen-bond donors (Lipinski definition) is 2. The Bertz CT molecular complexity index is 509. The molecule has 2 heterocycles. The van der Waals surface area contributed by atoms with Gasteiger partial charge in [-0.15, -0.1) is 0 Å². The van der Waals surface area contributed by atoms with Gasteiger partial charge in [-0.1, -0.05) is 5.16 Å². The molecule has 0 spiro atoms. The number of carbonyl (C=O) groups is 2. The van der Waals surface area contributed by atoms with Gasteiger partial charge in [0.15, 0.2) is 5.76 Å². The Balaban J connectivity index is 0.000000261. The number of carboxylic acid groups (broad SMARTS) is 2. The number of aliphatic carboxylic acids is 2. The summed E-state index contributed by atoms with van der Waals surface area (Å²) in [5.41, 5.74) is 0.878. The highest BCUT2D eigenvalue weighted by molar-refractivity contribution is 5.89. The molecule has 0 amide bonds. The van der Waals surface area contributed by atoms with Crippen LogP contribution in [0.5, 0.6) is 0 Å². The van der Waals surface area contributed by atoms with Crippen molar-refractivity contribution in [3.05, 3.63) is 29.7 Å². The fourth-order valence-corrected chi connectivity index (χ4v) is 2.11. The summed E-state index contributed by atoms with van der Waals surface area (Å²) in [6, 6.07) is 2.41. The first-order chi connectivity index (χ1) is 10.4. The topological polar surface area (TPSA) is 113 Å². The van der Waals surface area contributed by atoms with Crippen molar-refractivity contribution < 1.29 is 29.1 Å². The van der Waals surface area contributed by atoms with E-state index in [4.69, 9.17) is 19.5 Å². The van der Waals surface area contributed by atoms with E-state index in [0.717, 1.165) is 24.4 Å². The maximum atomic E-state index is 9.55. The molecule has 0 unspecified atom stereocenters. The van der Waals surface area contributed by atoms with Crippen LogP contribution in [0.25, 0.3) is 0 Å². The Kier molecular flexibility index (Phi) is 7.27. The molecular weight excluding hydrogens is 292 g/mol. The number of aromatic nitrogens is 1. The van der Waals surface area contributed by atoms with E-state index >= 15 is 0 Å². The normalized spacial score (nSPS) is 18.2. The van der Waals surface area contributed by atoms with E-state index in [9.17, 15) is 9.59 Å². The lowest BCUT2D eigenvalue weighted by Gasteiger charge is -2.15. The highest BCUT2D eigenvalue weighted by atomic mass is 16.5. The molecule has 2 rings (SSSR count). The molecular formula is C14H20N2O6. The van der Waals surface area contributed by atoms with E-state index in [1.165, 1.54) is 6.42 Å². The molecule has 1 aliphatic rings. The van der Waals surface area contributed by atoms with Gasteiger partial charge in [-0.05, 0) is 26.4 Å². The molecule has 0 aromatic carbocycles. The molecule has 8 heteroatoms. The van der Waals surface area contributed by atoms with Crippen LogP contribution < -0.4 is 0 Å². The lowest BCUT2D eigenvalue weighted by molar-refractivity contribution is -0.134. The third kappa shape index (κ3) is 6.06. The molecule has 0 bridgehead atoms. The van der Waals surface area contributed by atoms with E-state index < -0.39 is 11.9 Å². The number of ether oxygens (including phenoxy) is 1. The highest BCUT2D eigenvalue weighted by Gasteiger charge is 2.26. The van der Waals surface area contributed by atoms with Crippen molar-refractivity contribution in [1.29, 1.82) is 0 Å². The minimum Gasteiger partial charge on any atom is -0.478 e. The first-order valence-electron chi connectivity index (χ1n) is 6.72. The summed E-state index contributed by atoms with van der Waals surface area (Å²) < 4.78 is 10.3. The zero-order valence-electron chi connectivity index (χ0n) is 12.6. The number of hydrogen-bond acceptors (Lipinski definition) is 6. The minimum atomic E-state index is -1.26. The molecule has 1 fully saturated rings. The van der Waals surface area contributed by atoms with Gasteiger partial charge in [0.1, 0.15) is 5.69 Å². The maximum Gasteiger partial charge on any atom is 0.328 e. The van der Waals surface area contributed by atoms with Crippen LogP contribution in [0.3, 0.4) is 0 Å². The minimum absolute atomic E-state index is 0.410. The van der Waals surface area contributed by atoms with Gasteiger partial charge >= 0.3 is 11.9 Å². The number of rotatable bonds is 5. The molecule has 22 heavy (non-hydrogen) atoms. The average molecular weight is 312 g/mol. The molecule has 1 aromatic rings. The number of carboxylic acids is 2. The van der Waals surface area contributed by atoms with E-state index in [1.807, 2.05) is 6.07 Å². The molecule has 1 atom stereocenters. The molecule has 0 aliphatic carbocycles. The van der Waals surface area contributed by atoms with E-state index in [2.05, 4.69) is 17.1 Å². The smallest absolute Gasteiger partial charge is 0.328 e. The zero-order chi connectivity index (χ0) is 16.5. The van der Waals surface area contributed by atoms with Crippen LogP contribution >= 0.6 is 0 Å². The second-order valence-corrected chi connectivity index (χ2v) is 4.80. The largest absolute Gasteiger partial charge is 0.478 e. The quantitative estimate of drug-likeness (QED) is 0.782. The monoisotopic (exact) mass is 312 g/mol. The Morgan fingerprint density at radius 3 is 2.55 bits per heavy atom. The second kappa shape index (κ2) is 8.96. The molecule has 2 N–H and O–H groups in total. The summed E-state index contributed by atoms with van der Waals surface area (Å²) in [5, 5.41) is 19.6. The Labute approximate surface area is 128 Å². The van der Waals surface area contributed by atoms with Crippen LogP contribution in [0.15, 0.2) is 22.7 Å². The number of nitrogens with zero attached hydrogens (tertiary/aromatic N) is 2. The van der Waals surface area contributed by atoms with Crippen LogP contribution in [-0.4, -0.2) is 52.9 Å². The highest BCUT2D eigenvalue weighted by Crippen LogP contribution is 2.30. The van der Waals surface area contributed by atoms with Gasteiger partial charge in [-0.25, -0.2) is 9.59 Å². The maximum absolute atomic E-state index is 9.55. The van der Waals surface area contributed by atoms with Crippen LogP contribution in [0, 0.1) is 0 Å². The van der Waals surface area contributed by atoms with Gasteiger partial charge in [-0.3, -0.25) is 4.90 Å². The summed E-state index contributed by atoms with van der Waals surface area (Å²) in [4.78, 5) is 21.4. The van der Waals surface area contributed by atoms with Crippen molar-refractivity contribution in [2.45, 2.75) is 25.5 Å². The second-order valence-electron chi connectivity index (χ2n) is 4.80. The lowest BCUT2D eigenvalue weighted by Crippen LogP contribution is -2.16. The van der Waals surface area contributed by atoms with Gasteiger partial charge in [0, 0.05) is 25.3 Å². The van der Waals surface area contributed by atoms with Crippen molar-refractivity contribution in [3.8, 4) is 0 Å². The Morgan fingerprint density at radius 1 is 1.45 bits per heavy atom. The third-order valence-corrected chi connectivity index (χ3v) is 3.09. The van der Waals surface area contributed by atoms with Crippen LogP contribution in [0.4, 0.5) is 0 Å².